The normalized spacial score (nSPS) is 19.3. The molecular formula is C10H15F3N2O2S. The Morgan fingerprint density at radius 1 is 1.44 bits per heavy atom. The fraction of sp³-hybridized carbons (Fsp3) is 0.800. The van der Waals surface area contributed by atoms with Gasteiger partial charge in [-0.3, -0.25) is 4.79 Å². The average Bonchev–Trinajstić information content (AvgIpc) is 2.26. The molecular weight excluding hydrogens is 269 g/mol. The highest BCUT2D eigenvalue weighted by Crippen LogP contribution is 2.33. The molecule has 18 heavy (non-hydrogen) atoms. The third-order valence-corrected chi connectivity index (χ3v) is 3.38. The lowest BCUT2D eigenvalue weighted by molar-refractivity contribution is -0.165. The largest absolute Gasteiger partial charge is 0.406 e. The molecule has 1 amide bonds. The van der Waals surface area contributed by atoms with Crippen molar-refractivity contribution in [2.24, 2.45) is 11.1 Å². The Morgan fingerprint density at radius 3 is 2.33 bits per heavy atom. The van der Waals surface area contributed by atoms with Gasteiger partial charge in [0, 0.05) is 20.3 Å². The van der Waals surface area contributed by atoms with Gasteiger partial charge in [0.2, 0.25) is 5.91 Å². The van der Waals surface area contributed by atoms with E-state index in [9.17, 15) is 18.0 Å². The van der Waals surface area contributed by atoms with Crippen molar-refractivity contribution in [1.29, 1.82) is 0 Å². The molecule has 0 atom stereocenters. The van der Waals surface area contributed by atoms with Crippen LogP contribution in [-0.4, -0.2) is 48.8 Å². The highest BCUT2D eigenvalue weighted by atomic mass is 32.1. The van der Waals surface area contributed by atoms with Gasteiger partial charge in [0.15, 0.2) is 0 Å². The SMILES string of the molecule is CN(CC(F)(F)F)C(=O)C1(C(N)=S)CCOCC1. The number of amides is 1. The van der Waals surface area contributed by atoms with E-state index in [4.69, 9.17) is 22.7 Å². The lowest BCUT2D eigenvalue weighted by Crippen LogP contribution is -2.53. The third-order valence-electron chi connectivity index (χ3n) is 2.99. The molecule has 0 aliphatic carbocycles. The van der Waals surface area contributed by atoms with Gasteiger partial charge in [-0.15, -0.1) is 0 Å². The van der Waals surface area contributed by atoms with E-state index in [1.165, 1.54) is 0 Å². The lowest BCUT2D eigenvalue weighted by Gasteiger charge is -2.37. The first kappa shape index (κ1) is 15.2. The molecule has 2 N–H and O–H groups in total. The summed E-state index contributed by atoms with van der Waals surface area (Å²) in [6.45, 7) is -0.775. The molecule has 0 aromatic heterocycles. The summed E-state index contributed by atoms with van der Waals surface area (Å²) in [5.74, 6) is -0.685. The molecule has 1 aliphatic rings. The van der Waals surface area contributed by atoms with Crippen LogP contribution in [-0.2, 0) is 9.53 Å². The molecule has 1 fully saturated rings. The molecule has 1 heterocycles. The van der Waals surface area contributed by atoms with E-state index in [2.05, 4.69) is 0 Å². The van der Waals surface area contributed by atoms with E-state index in [1.807, 2.05) is 0 Å². The van der Waals surface area contributed by atoms with Gasteiger partial charge in [0.05, 0.1) is 4.99 Å². The number of hydrogen-bond acceptors (Lipinski definition) is 3. The standard InChI is InChI=1S/C10H15F3N2O2S/c1-15(6-10(11,12)13)8(16)9(7(14)18)2-4-17-5-3-9/h2-6H2,1H3,(H2,14,18). The molecule has 0 unspecified atom stereocenters. The van der Waals surface area contributed by atoms with Crippen LogP contribution < -0.4 is 5.73 Å². The maximum Gasteiger partial charge on any atom is 0.406 e. The summed E-state index contributed by atoms with van der Waals surface area (Å²) in [5.41, 5.74) is 4.35. The molecule has 4 nitrogen and oxygen atoms in total. The van der Waals surface area contributed by atoms with Gasteiger partial charge in [0.1, 0.15) is 12.0 Å². The Morgan fingerprint density at radius 2 is 1.94 bits per heavy atom. The number of nitrogens with two attached hydrogens (primary N) is 1. The van der Waals surface area contributed by atoms with Crippen molar-refractivity contribution < 1.29 is 22.7 Å². The number of carbonyl (C=O) groups excluding carboxylic acids is 1. The van der Waals surface area contributed by atoms with Gasteiger partial charge >= 0.3 is 6.18 Å². The quantitative estimate of drug-likeness (QED) is 0.788. The number of nitrogens with zero attached hydrogens (tertiary/aromatic N) is 1. The lowest BCUT2D eigenvalue weighted by atomic mass is 9.78. The van der Waals surface area contributed by atoms with Crippen LogP contribution in [0.25, 0.3) is 0 Å². The minimum absolute atomic E-state index is 0.0650. The smallest absolute Gasteiger partial charge is 0.392 e. The Balaban J connectivity index is 2.86. The summed E-state index contributed by atoms with van der Waals surface area (Å²) < 4.78 is 41.9. The number of hydrogen-bond donors (Lipinski definition) is 1. The van der Waals surface area contributed by atoms with Gasteiger partial charge < -0.3 is 15.4 Å². The zero-order valence-electron chi connectivity index (χ0n) is 9.92. The summed E-state index contributed by atoms with van der Waals surface area (Å²) in [5, 5.41) is 0. The Hall–Kier alpha value is -0.890. The maximum atomic E-state index is 12.3. The van der Waals surface area contributed by atoms with Crippen molar-refractivity contribution in [3.05, 3.63) is 0 Å². The topological polar surface area (TPSA) is 55.6 Å². The molecule has 8 heteroatoms. The van der Waals surface area contributed by atoms with Crippen LogP contribution in [0.4, 0.5) is 13.2 Å². The highest BCUT2D eigenvalue weighted by Gasteiger charge is 2.46. The second-order valence-electron chi connectivity index (χ2n) is 4.34. The van der Waals surface area contributed by atoms with Crippen molar-refractivity contribution in [3.8, 4) is 0 Å². The molecule has 0 aromatic rings. The summed E-state index contributed by atoms with van der Waals surface area (Å²) in [7, 11) is 1.10. The van der Waals surface area contributed by atoms with E-state index in [-0.39, 0.29) is 31.0 Å². The second-order valence-corrected chi connectivity index (χ2v) is 4.77. The molecule has 0 bridgehead atoms. The summed E-state index contributed by atoms with van der Waals surface area (Å²) in [6.07, 6.45) is -3.99. The van der Waals surface area contributed by atoms with Crippen LogP contribution in [0.1, 0.15) is 12.8 Å². The van der Waals surface area contributed by atoms with Gasteiger partial charge in [-0.25, -0.2) is 0 Å². The average molecular weight is 284 g/mol. The first-order valence-electron chi connectivity index (χ1n) is 5.39. The number of ether oxygens (including phenoxy) is 1. The Kier molecular flexibility index (Phi) is 4.55. The Labute approximate surface area is 108 Å². The van der Waals surface area contributed by atoms with Gasteiger partial charge in [0.25, 0.3) is 0 Å². The summed E-state index contributed by atoms with van der Waals surface area (Å²) >= 11 is 4.86. The van der Waals surface area contributed by atoms with Gasteiger partial charge in [-0.2, -0.15) is 13.2 Å². The Bertz CT molecular complexity index is 341. The summed E-state index contributed by atoms with van der Waals surface area (Å²) in [6, 6.07) is 0. The van der Waals surface area contributed by atoms with Crippen LogP contribution in [0.15, 0.2) is 0 Å². The number of alkyl halides is 3. The van der Waals surface area contributed by atoms with Crippen LogP contribution in [0.5, 0.6) is 0 Å². The van der Waals surface area contributed by atoms with Crippen molar-refractivity contribution in [2.45, 2.75) is 19.0 Å². The fourth-order valence-electron chi connectivity index (χ4n) is 1.99. The molecule has 0 spiro atoms. The maximum absolute atomic E-state index is 12.3. The molecule has 104 valence electrons. The molecule has 1 aliphatic heterocycles. The summed E-state index contributed by atoms with van der Waals surface area (Å²) in [4.78, 5) is 12.7. The zero-order valence-corrected chi connectivity index (χ0v) is 10.7. The van der Waals surface area contributed by atoms with Crippen LogP contribution in [0.3, 0.4) is 0 Å². The molecule has 1 rings (SSSR count). The third kappa shape index (κ3) is 3.32. The van der Waals surface area contributed by atoms with E-state index in [0.717, 1.165) is 7.05 Å². The number of rotatable bonds is 3. The molecule has 0 aromatic carbocycles. The van der Waals surface area contributed by atoms with Crippen LogP contribution >= 0.6 is 12.2 Å². The fourth-order valence-corrected chi connectivity index (χ4v) is 2.28. The number of carbonyl (C=O) groups is 1. The van der Waals surface area contributed by atoms with Crippen molar-refractivity contribution in [1.82, 2.24) is 4.90 Å². The van der Waals surface area contributed by atoms with Gasteiger partial charge in [-0.1, -0.05) is 12.2 Å². The van der Waals surface area contributed by atoms with Crippen LogP contribution in [0, 0.1) is 5.41 Å². The van der Waals surface area contributed by atoms with Crippen molar-refractivity contribution in [3.63, 3.8) is 0 Å². The van der Waals surface area contributed by atoms with E-state index in [0.29, 0.717) is 4.90 Å². The van der Waals surface area contributed by atoms with Crippen LogP contribution in [0.2, 0.25) is 0 Å². The molecule has 0 saturated carbocycles. The van der Waals surface area contributed by atoms with Crippen molar-refractivity contribution in [2.75, 3.05) is 26.8 Å². The van der Waals surface area contributed by atoms with E-state index >= 15 is 0 Å². The highest BCUT2D eigenvalue weighted by molar-refractivity contribution is 7.80. The minimum Gasteiger partial charge on any atom is -0.392 e. The monoisotopic (exact) mass is 284 g/mol. The molecule has 1 saturated heterocycles. The van der Waals surface area contributed by atoms with Crippen molar-refractivity contribution >= 4 is 23.1 Å². The zero-order chi connectivity index (χ0) is 14.0. The van der Waals surface area contributed by atoms with E-state index in [1.54, 1.807) is 0 Å². The molecule has 0 radical (unpaired) electrons. The number of thiocarbonyl (C=S) groups is 1. The van der Waals surface area contributed by atoms with Gasteiger partial charge in [-0.05, 0) is 12.8 Å². The van der Waals surface area contributed by atoms with E-state index < -0.39 is 24.0 Å². The minimum atomic E-state index is -4.44. The predicted octanol–water partition coefficient (Wildman–Crippen LogP) is 1.09. The predicted molar refractivity (Wildman–Crippen MR) is 63.0 cm³/mol. The first-order chi connectivity index (χ1) is 8.19. The second kappa shape index (κ2) is 5.40. The number of halogens is 3. The first-order valence-corrected chi connectivity index (χ1v) is 5.80.